The zero-order valence-corrected chi connectivity index (χ0v) is 13.1. The summed E-state index contributed by atoms with van der Waals surface area (Å²) in [7, 11) is 0. The van der Waals surface area contributed by atoms with E-state index in [1.165, 1.54) is 0 Å². The molecule has 0 amide bonds. The number of hydrogen-bond acceptors (Lipinski definition) is 3. The summed E-state index contributed by atoms with van der Waals surface area (Å²) in [6.45, 7) is 3.73. The van der Waals surface area contributed by atoms with Crippen molar-refractivity contribution in [1.82, 2.24) is 0 Å². The van der Waals surface area contributed by atoms with Crippen LogP contribution in [0.25, 0.3) is 0 Å². The molecule has 2 atom stereocenters. The molecule has 3 nitrogen and oxygen atoms in total. The maximum Gasteiger partial charge on any atom is 0.305 e. The van der Waals surface area contributed by atoms with Crippen molar-refractivity contribution < 1.29 is 14.3 Å². The van der Waals surface area contributed by atoms with Gasteiger partial charge in [0.05, 0.1) is 0 Å². The predicted octanol–water partition coefficient (Wildman–Crippen LogP) is 4.02. The number of benzene rings is 2. The molecular formula is C19H22O3. The lowest BCUT2D eigenvalue weighted by molar-refractivity contribution is -0.153. The Morgan fingerprint density at radius 1 is 1.00 bits per heavy atom. The lowest BCUT2D eigenvalue weighted by Crippen LogP contribution is -2.35. The molecular weight excluding hydrogens is 276 g/mol. The van der Waals surface area contributed by atoms with Crippen LogP contribution in [0.4, 0.5) is 0 Å². The first-order valence-corrected chi connectivity index (χ1v) is 7.64. The molecule has 0 aromatic heterocycles. The lowest BCUT2D eigenvalue weighted by atomic mass is 10.0. The van der Waals surface area contributed by atoms with E-state index in [-0.39, 0.29) is 18.2 Å². The Hall–Kier alpha value is -2.29. The molecule has 2 unspecified atom stereocenters. The summed E-state index contributed by atoms with van der Waals surface area (Å²) in [6, 6.07) is 19.6. The number of rotatable bonds is 7. The minimum absolute atomic E-state index is 0.204. The van der Waals surface area contributed by atoms with Crippen LogP contribution in [0.5, 0.6) is 5.75 Å². The molecule has 0 bridgehead atoms. The molecule has 0 aliphatic rings. The van der Waals surface area contributed by atoms with Crippen molar-refractivity contribution in [2.45, 2.75) is 38.9 Å². The van der Waals surface area contributed by atoms with E-state index in [4.69, 9.17) is 9.47 Å². The fourth-order valence-corrected chi connectivity index (χ4v) is 2.19. The van der Waals surface area contributed by atoms with E-state index in [9.17, 15) is 4.79 Å². The van der Waals surface area contributed by atoms with E-state index in [0.717, 1.165) is 11.3 Å². The topological polar surface area (TPSA) is 35.5 Å². The molecule has 0 radical (unpaired) electrons. The van der Waals surface area contributed by atoms with E-state index in [0.29, 0.717) is 12.8 Å². The molecule has 0 aliphatic carbocycles. The van der Waals surface area contributed by atoms with Gasteiger partial charge in [-0.1, -0.05) is 55.5 Å². The quantitative estimate of drug-likeness (QED) is 0.724. The van der Waals surface area contributed by atoms with Crippen LogP contribution in [0, 0.1) is 0 Å². The van der Waals surface area contributed by atoms with E-state index in [1.807, 2.05) is 67.6 Å². The normalized spacial score (nSPS) is 13.2. The van der Waals surface area contributed by atoms with E-state index >= 15 is 0 Å². The summed E-state index contributed by atoms with van der Waals surface area (Å²) in [4.78, 5) is 11.7. The number of esters is 1. The van der Waals surface area contributed by atoms with Gasteiger partial charge in [0.2, 0.25) is 0 Å². The number of carbonyl (C=O) groups excluding carboxylic acids is 1. The highest BCUT2D eigenvalue weighted by Crippen LogP contribution is 2.17. The Morgan fingerprint density at radius 3 is 2.18 bits per heavy atom. The minimum Gasteiger partial charge on any atom is -0.487 e. The van der Waals surface area contributed by atoms with Crippen LogP contribution in [0.3, 0.4) is 0 Å². The van der Waals surface area contributed by atoms with E-state index in [2.05, 4.69) is 0 Å². The first kappa shape index (κ1) is 16.1. The molecule has 0 N–H and O–H groups in total. The molecule has 3 heteroatoms. The molecule has 22 heavy (non-hydrogen) atoms. The maximum absolute atomic E-state index is 11.7. The molecule has 2 aromatic rings. The third-order valence-electron chi connectivity index (χ3n) is 3.44. The Labute approximate surface area is 131 Å². The molecule has 0 saturated carbocycles. The number of ether oxygens (including phenoxy) is 2. The summed E-state index contributed by atoms with van der Waals surface area (Å²) in [5, 5.41) is 0. The van der Waals surface area contributed by atoms with Crippen LogP contribution < -0.4 is 4.74 Å². The molecule has 0 fully saturated rings. The van der Waals surface area contributed by atoms with E-state index in [1.54, 1.807) is 6.92 Å². The molecule has 0 saturated heterocycles. The number of carbonyl (C=O) groups is 1. The highest BCUT2D eigenvalue weighted by Gasteiger charge is 2.23. The summed E-state index contributed by atoms with van der Waals surface area (Å²) >= 11 is 0. The second kappa shape index (κ2) is 8.23. The van der Waals surface area contributed by atoms with E-state index < -0.39 is 0 Å². The lowest BCUT2D eigenvalue weighted by Gasteiger charge is -2.25. The van der Waals surface area contributed by atoms with Gasteiger partial charge in [-0.05, 0) is 24.6 Å². The van der Waals surface area contributed by atoms with Crippen molar-refractivity contribution in [3.8, 4) is 5.75 Å². The van der Waals surface area contributed by atoms with Gasteiger partial charge in [0.1, 0.15) is 18.0 Å². The van der Waals surface area contributed by atoms with Gasteiger partial charge in [0.25, 0.3) is 0 Å². The summed E-state index contributed by atoms with van der Waals surface area (Å²) in [5.41, 5.74) is 1.12. The van der Waals surface area contributed by atoms with Crippen molar-refractivity contribution in [2.24, 2.45) is 0 Å². The van der Waals surface area contributed by atoms with Gasteiger partial charge in [-0.2, -0.15) is 0 Å². The van der Waals surface area contributed by atoms with Gasteiger partial charge >= 0.3 is 5.97 Å². The third-order valence-corrected chi connectivity index (χ3v) is 3.44. The second-order valence-corrected chi connectivity index (χ2v) is 5.21. The predicted molar refractivity (Wildman–Crippen MR) is 86.8 cm³/mol. The molecule has 0 heterocycles. The third kappa shape index (κ3) is 4.92. The van der Waals surface area contributed by atoms with Crippen molar-refractivity contribution in [3.63, 3.8) is 0 Å². The highest BCUT2D eigenvalue weighted by molar-refractivity contribution is 5.69. The first-order valence-electron chi connectivity index (χ1n) is 7.64. The zero-order chi connectivity index (χ0) is 15.8. The smallest absolute Gasteiger partial charge is 0.305 e. The van der Waals surface area contributed by atoms with Crippen LogP contribution in [0.2, 0.25) is 0 Å². The minimum atomic E-state index is -0.310. The largest absolute Gasteiger partial charge is 0.487 e. The average molecular weight is 298 g/mol. The van der Waals surface area contributed by atoms with Gasteiger partial charge in [-0.15, -0.1) is 0 Å². The standard InChI is InChI=1S/C19H22O3/c1-3-19(20)22-18(14-16-10-6-4-7-11-16)15(2)21-17-12-8-5-9-13-17/h4-13,15,18H,3,14H2,1-2H3. The fraction of sp³-hybridized carbons (Fsp3) is 0.316. The zero-order valence-electron chi connectivity index (χ0n) is 13.1. The maximum atomic E-state index is 11.7. The molecule has 0 aliphatic heterocycles. The van der Waals surface area contributed by atoms with Gasteiger partial charge in [0, 0.05) is 12.8 Å². The van der Waals surface area contributed by atoms with Crippen molar-refractivity contribution in [3.05, 3.63) is 66.2 Å². The Balaban J connectivity index is 2.07. The van der Waals surface area contributed by atoms with Crippen LogP contribution >= 0.6 is 0 Å². The van der Waals surface area contributed by atoms with Crippen molar-refractivity contribution in [1.29, 1.82) is 0 Å². The summed E-state index contributed by atoms with van der Waals surface area (Å²) in [5.74, 6) is 0.574. The molecule has 116 valence electrons. The summed E-state index contributed by atoms with van der Waals surface area (Å²) < 4.78 is 11.5. The number of para-hydroxylation sites is 1. The van der Waals surface area contributed by atoms with Crippen molar-refractivity contribution >= 4 is 5.97 Å². The van der Waals surface area contributed by atoms with Crippen LogP contribution in [-0.4, -0.2) is 18.2 Å². The molecule has 2 rings (SSSR count). The Kier molecular flexibility index (Phi) is 6.01. The Bertz CT molecular complexity index is 566. The fourth-order valence-electron chi connectivity index (χ4n) is 2.19. The van der Waals surface area contributed by atoms with Crippen LogP contribution in [-0.2, 0) is 16.0 Å². The Morgan fingerprint density at radius 2 is 1.59 bits per heavy atom. The monoisotopic (exact) mass is 298 g/mol. The average Bonchev–Trinajstić information content (AvgIpc) is 2.56. The first-order chi connectivity index (χ1) is 10.7. The van der Waals surface area contributed by atoms with Gasteiger partial charge < -0.3 is 9.47 Å². The van der Waals surface area contributed by atoms with Gasteiger partial charge in [-0.3, -0.25) is 4.79 Å². The van der Waals surface area contributed by atoms with Gasteiger partial charge in [-0.25, -0.2) is 0 Å². The SMILES string of the molecule is CCC(=O)OC(Cc1ccccc1)C(C)Oc1ccccc1. The second-order valence-electron chi connectivity index (χ2n) is 5.21. The number of hydrogen-bond donors (Lipinski definition) is 0. The summed E-state index contributed by atoms with van der Waals surface area (Å²) in [6.07, 6.45) is 0.470. The van der Waals surface area contributed by atoms with Gasteiger partial charge in [0.15, 0.2) is 0 Å². The van der Waals surface area contributed by atoms with Crippen LogP contribution in [0.1, 0.15) is 25.8 Å². The van der Waals surface area contributed by atoms with Crippen LogP contribution in [0.15, 0.2) is 60.7 Å². The highest BCUT2D eigenvalue weighted by atomic mass is 16.6. The molecule has 2 aromatic carbocycles. The van der Waals surface area contributed by atoms with Crippen molar-refractivity contribution in [2.75, 3.05) is 0 Å². The molecule has 0 spiro atoms.